The number of hydrogen-bond donors (Lipinski definition) is 4. The van der Waals surface area contributed by atoms with E-state index in [1.54, 1.807) is 0 Å². The van der Waals surface area contributed by atoms with Crippen LogP contribution in [-0.4, -0.2) is 19.9 Å². The van der Waals surface area contributed by atoms with Gasteiger partial charge in [0.25, 0.3) is 0 Å². The Kier molecular flexibility index (Phi) is 10.3. The second kappa shape index (κ2) is 15.6. The van der Waals surface area contributed by atoms with Crippen LogP contribution in [0, 0.1) is 0 Å². The molecule has 0 radical (unpaired) electrons. The number of hydrogen-bond acceptors (Lipinski definition) is 4. The molecule has 0 saturated carbocycles. The van der Waals surface area contributed by atoms with Gasteiger partial charge in [-0.15, -0.1) is 0 Å². The molecule has 4 aromatic carbocycles. The van der Waals surface area contributed by atoms with Crippen molar-refractivity contribution in [3.8, 4) is 22.3 Å². The maximum absolute atomic E-state index is 13.5. The van der Waals surface area contributed by atoms with Gasteiger partial charge in [0, 0.05) is 53.0 Å². The molecule has 8 bridgehead atoms. The van der Waals surface area contributed by atoms with Crippen molar-refractivity contribution >= 4 is 69.1 Å². The van der Waals surface area contributed by atoms with Crippen molar-refractivity contribution in [3.63, 3.8) is 0 Å². The Bertz CT molecular complexity index is 2700. The van der Waals surface area contributed by atoms with Gasteiger partial charge in [-0.1, -0.05) is 60.7 Å². The van der Waals surface area contributed by atoms with E-state index in [-0.39, 0.29) is 19.5 Å². The zero-order valence-corrected chi connectivity index (χ0v) is 33.8. The molecule has 6 nitrogen and oxygen atoms in total. The Morgan fingerprint density at radius 1 is 0.390 bits per heavy atom. The third-order valence-electron chi connectivity index (χ3n) is 9.84. The van der Waals surface area contributed by atoms with E-state index in [1.807, 2.05) is 109 Å². The Hall–Kier alpha value is -6.72. The van der Waals surface area contributed by atoms with Gasteiger partial charge in [0.05, 0.1) is 56.3 Å². The average Bonchev–Trinajstić information content (AvgIpc) is 4.06. The van der Waals surface area contributed by atoms with E-state index in [2.05, 4.69) is 20.6 Å². The van der Waals surface area contributed by atoms with Gasteiger partial charge in [-0.25, -0.2) is 9.97 Å². The molecule has 4 N–H and O–H groups in total. The van der Waals surface area contributed by atoms with E-state index in [0.29, 0.717) is 67.6 Å². The van der Waals surface area contributed by atoms with Crippen molar-refractivity contribution < 1.29 is 45.8 Å². The third kappa shape index (κ3) is 7.94. The molecule has 0 amide bonds. The van der Waals surface area contributed by atoms with E-state index in [1.165, 1.54) is 24.3 Å². The van der Waals surface area contributed by atoms with Crippen LogP contribution in [0.25, 0.3) is 68.6 Å². The van der Waals surface area contributed by atoms with Crippen LogP contribution in [0.4, 0.5) is 49.1 Å². The number of anilines is 4. The first-order chi connectivity index (χ1) is 28.0. The molecule has 0 saturated heterocycles. The van der Waals surface area contributed by atoms with Crippen LogP contribution in [-0.2, 0) is 31.8 Å². The van der Waals surface area contributed by atoms with Crippen molar-refractivity contribution in [1.82, 2.24) is 19.9 Å². The smallest absolute Gasteiger partial charge is 0.353 e. The Morgan fingerprint density at radius 3 is 1.08 bits per heavy atom. The number of benzene rings is 4. The fraction of sp³-hybridized carbons (Fsp3) is 0.0435. The van der Waals surface area contributed by atoms with Crippen LogP contribution in [0.15, 0.2) is 133 Å². The number of aromatic amines is 2. The SMILES string of the molecule is FC(F)(F)c1ccc(Nc2c3nc(c(-c4ccccc4)c4ccc([nH]4)c(Nc4ccc(C(F)(F)F)cc4)c4nc(c(-c5ccccc5)c5ccc2[nH]5)C=C4)C=C3)cc1.[Zn]. The minimum absolute atomic E-state index is 0. The summed E-state index contributed by atoms with van der Waals surface area (Å²) >= 11 is 0. The topological polar surface area (TPSA) is 81.4 Å². The largest absolute Gasteiger partial charge is 0.416 e. The summed E-state index contributed by atoms with van der Waals surface area (Å²) in [4.78, 5) is 17.3. The molecule has 0 unspecified atom stereocenters. The number of alkyl halides is 6. The fourth-order valence-corrected chi connectivity index (χ4v) is 7.06. The standard InChI is InChI=1S/C46H30F6N6.Zn/c47-45(48,49)29-11-15-31(16-12-29)53-43-37-23-19-33(55-37)41(27-7-3-1-4-8-27)34-20-24-38(56-34)44(54-32-17-13-30(14-18-32)46(50,51)52)40-26-22-36(58-40)42(28-9-5-2-6-10-28)35-21-25-39(43)57-35;/h1-26,53-55,58H;. The Morgan fingerprint density at radius 2 is 0.729 bits per heavy atom. The predicted molar refractivity (Wildman–Crippen MR) is 219 cm³/mol. The molecule has 9 rings (SSSR count). The molecule has 59 heavy (non-hydrogen) atoms. The molecule has 7 aromatic rings. The quantitative estimate of drug-likeness (QED) is 0.0993. The third-order valence-corrected chi connectivity index (χ3v) is 9.84. The van der Waals surface area contributed by atoms with Crippen LogP contribution in [0.1, 0.15) is 33.9 Å². The first-order valence-electron chi connectivity index (χ1n) is 18.1. The average molecular weight is 846 g/mol. The minimum Gasteiger partial charge on any atom is -0.353 e. The van der Waals surface area contributed by atoms with E-state index < -0.39 is 23.5 Å². The number of rotatable bonds is 6. The maximum Gasteiger partial charge on any atom is 0.416 e. The summed E-state index contributed by atoms with van der Waals surface area (Å²) in [6, 6.07) is 36.6. The van der Waals surface area contributed by atoms with Crippen molar-refractivity contribution in [2.75, 3.05) is 10.6 Å². The van der Waals surface area contributed by atoms with Crippen molar-refractivity contribution in [1.29, 1.82) is 0 Å². The van der Waals surface area contributed by atoms with Gasteiger partial charge in [-0.3, -0.25) is 0 Å². The van der Waals surface area contributed by atoms with Crippen LogP contribution in [0.5, 0.6) is 0 Å². The molecular formula is C46H30F6N6Zn. The summed E-state index contributed by atoms with van der Waals surface area (Å²) in [7, 11) is 0. The van der Waals surface area contributed by atoms with E-state index in [4.69, 9.17) is 9.97 Å². The number of fused-ring (bicyclic) bond motifs is 8. The van der Waals surface area contributed by atoms with Gasteiger partial charge in [-0.05, 0) is 108 Å². The Balaban J connectivity index is 0.00000484. The number of halogens is 6. The van der Waals surface area contributed by atoms with Gasteiger partial charge < -0.3 is 20.6 Å². The molecule has 288 valence electrons. The summed E-state index contributed by atoms with van der Waals surface area (Å²) in [5.74, 6) is 0. The zero-order valence-electron chi connectivity index (χ0n) is 30.9. The monoisotopic (exact) mass is 844 g/mol. The number of nitrogens with one attached hydrogen (secondary N) is 4. The second-order valence-corrected chi connectivity index (χ2v) is 13.6. The van der Waals surface area contributed by atoms with Crippen LogP contribution < -0.4 is 10.6 Å². The maximum atomic E-state index is 13.5. The van der Waals surface area contributed by atoms with Gasteiger partial charge in [-0.2, -0.15) is 26.3 Å². The zero-order chi connectivity index (χ0) is 40.0. The van der Waals surface area contributed by atoms with E-state index in [0.717, 1.165) is 46.5 Å². The van der Waals surface area contributed by atoms with Gasteiger partial charge in [0.1, 0.15) is 0 Å². The molecule has 0 spiro atoms. The van der Waals surface area contributed by atoms with E-state index >= 15 is 0 Å². The first kappa shape index (κ1) is 39.1. The molecule has 3 aromatic heterocycles. The molecule has 5 heterocycles. The van der Waals surface area contributed by atoms with Gasteiger partial charge >= 0.3 is 12.4 Å². The molecular weight excluding hydrogens is 816 g/mol. The molecule has 2 aliphatic heterocycles. The second-order valence-electron chi connectivity index (χ2n) is 13.6. The van der Waals surface area contributed by atoms with Crippen molar-refractivity contribution in [3.05, 3.63) is 167 Å². The van der Waals surface area contributed by atoms with Gasteiger partial charge in [0.2, 0.25) is 0 Å². The molecule has 13 heteroatoms. The minimum atomic E-state index is -4.49. The first-order valence-corrected chi connectivity index (χ1v) is 18.1. The van der Waals surface area contributed by atoms with Gasteiger partial charge in [0.15, 0.2) is 0 Å². The predicted octanol–water partition coefficient (Wildman–Crippen LogP) is 13.5. The van der Waals surface area contributed by atoms with Crippen LogP contribution in [0.2, 0.25) is 0 Å². The van der Waals surface area contributed by atoms with Crippen molar-refractivity contribution in [2.24, 2.45) is 0 Å². The molecule has 0 atom stereocenters. The molecule has 2 aliphatic rings. The normalized spacial score (nSPS) is 12.3. The molecule has 0 aliphatic carbocycles. The van der Waals surface area contributed by atoms with Crippen LogP contribution >= 0.6 is 0 Å². The Labute approximate surface area is 346 Å². The fourth-order valence-electron chi connectivity index (χ4n) is 7.06. The number of aromatic nitrogens is 4. The summed E-state index contributed by atoms with van der Waals surface area (Å²) in [5.41, 5.74) is 8.55. The van der Waals surface area contributed by atoms with E-state index in [9.17, 15) is 26.3 Å². The number of nitrogens with zero attached hydrogens (tertiary/aromatic N) is 2. The van der Waals surface area contributed by atoms with Crippen LogP contribution in [0.3, 0.4) is 0 Å². The summed E-state index contributed by atoms with van der Waals surface area (Å²) in [6.45, 7) is 0. The number of H-pyrrole nitrogens is 2. The summed E-state index contributed by atoms with van der Waals surface area (Å²) in [6.07, 6.45) is -1.51. The molecule has 0 fully saturated rings. The summed E-state index contributed by atoms with van der Waals surface area (Å²) in [5, 5.41) is 6.68. The summed E-state index contributed by atoms with van der Waals surface area (Å²) < 4.78 is 80.9. The van der Waals surface area contributed by atoms with Crippen molar-refractivity contribution in [2.45, 2.75) is 12.4 Å².